The van der Waals surface area contributed by atoms with Crippen molar-refractivity contribution in [2.75, 3.05) is 31.6 Å². The molecule has 2 N–H and O–H groups in total. The van der Waals surface area contributed by atoms with Crippen molar-refractivity contribution >= 4 is 17.7 Å². The van der Waals surface area contributed by atoms with Crippen molar-refractivity contribution in [1.82, 2.24) is 4.90 Å². The first-order valence-corrected chi connectivity index (χ1v) is 12.6. The highest BCUT2D eigenvalue weighted by Crippen LogP contribution is 2.25. The summed E-state index contributed by atoms with van der Waals surface area (Å²) in [6, 6.07) is 15.1. The van der Waals surface area contributed by atoms with Crippen molar-refractivity contribution in [3.8, 4) is 5.75 Å². The number of carboxylic acids is 1. The maximum absolute atomic E-state index is 13.1. The second-order valence-electron chi connectivity index (χ2n) is 9.17. The summed E-state index contributed by atoms with van der Waals surface area (Å²) < 4.78 is 11.2. The molecule has 1 fully saturated rings. The zero-order chi connectivity index (χ0) is 25.0. The van der Waals surface area contributed by atoms with E-state index < -0.39 is 12.1 Å². The van der Waals surface area contributed by atoms with Crippen LogP contribution in [0.3, 0.4) is 0 Å². The molecule has 1 aliphatic carbocycles. The highest BCUT2D eigenvalue weighted by Gasteiger charge is 2.22. The standard InChI is InChI=1S/C28H38N2O5/c1-3-34-26(27(31)32)19-22-13-15-24(16-14-22)35-18-17-30(20-23-10-5-4-6-11-23)28(33)29-25-12-8-7-9-21(25)2/h7-9,12-16,23,26H,3-6,10-11,17-20H2,1-2H3,(H,29,33)(H,31,32). The second kappa shape index (κ2) is 13.7. The molecule has 2 aromatic rings. The molecule has 2 amide bonds. The normalized spacial score (nSPS) is 14.8. The van der Waals surface area contributed by atoms with E-state index in [1.54, 1.807) is 6.92 Å². The first-order chi connectivity index (χ1) is 17.0. The Morgan fingerprint density at radius 1 is 1.09 bits per heavy atom. The van der Waals surface area contributed by atoms with Gasteiger partial charge >= 0.3 is 12.0 Å². The molecule has 0 heterocycles. The maximum atomic E-state index is 13.1. The van der Waals surface area contributed by atoms with Crippen LogP contribution >= 0.6 is 0 Å². The summed E-state index contributed by atoms with van der Waals surface area (Å²) in [4.78, 5) is 26.3. The molecule has 0 bridgehead atoms. The lowest BCUT2D eigenvalue weighted by molar-refractivity contribution is -0.149. The Morgan fingerprint density at radius 3 is 2.46 bits per heavy atom. The number of benzene rings is 2. The predicted octanol–water partition coefficient (Wildman–Crippen LogP) is 5.52. The van der Waals surface area contributed by atoms with Gasteiger partial charge in [-0.25, -0.2) is 9.59 Å². The summed E-state index contributed by atoms with van der Waals surface area (Å²) in [6.07, 6.45) is 5.51. The fraction of sp³-hybridized carbons (Fsp3) is 0.500. The van der Waals surface area contributed by atoms with Crippen LogP contribution in [0.5, 0.6) is 5.75 Å². The van der Waals surface area contributed by atoms with Crippen molar-refractivity contribution < 1.29 is 24.2 Å². The largest absolute Gasteiger partial charge is 0.492 e. The number of nitrogens with one attached hydrogen (secondary N) is 1. The lowest BCUT2D eigenvalue weighted by Gasteiger charge is -2.30. The fourth-order valence-corrected chi connectivity index (χ4v) is 4.49. The highest BCUT2D eigenvalue weighted by molar-refractivity contribution is 5.90. The fourth-order valence-electron chi connectivity index (χ4n) is 4.49. The van der Waals surface area contributed by atoms with Gasteiger partial charge in [0.25, 0.3) is 0 Å². The summed E-state index contributed by atoms with van der Waals surface area (Å²) in [5.74, 6) is 0.251. The Balaban J connectivity index is 1.56. The third-order valence-corrected chi connectivity index (χ3v) is 6.49. The van der Waals surface area contributed by atoms with Crippen LogP contribution in [0.1, 0.15) is 50.2 Å². The van der Waals surface area contributed by atoms with E-state index in [1.807, 2.05) is 60.4 Å². The van der Waals surface area contributed by atoms with E-state index in [2.05, 4.69) is 5.32 Å². The lowest BCUT2D eigenvalue weighted by Crippen LogP contribution is -2.41. The van der Waals surface area contributed by atoms with Gasteiger partial charge in [-0.15, -0.1) is 0 Å². The van der Waals surface area contributed by atoms with Crippen LogP contribution in [0.15, 0.2) is 48.5 Å². The molecule has 1 saturated carbocycles. The number of nitrogens with zero attached hydrogens (tertiary/aromatic N) is 1. The molecule has 0 spiro atoms. The first kappa shape index (κ1) is 26.5. The number of urea groups is 1. The molecule has 3 rings (SSSR count). The number of aliphatic carboxylic acids is 1. The molecule has 0 aromatic heterocycles. The van der Waals surface area contributed by atoms with E-state index in [4.69, 9.17) is 9.47 Å². The highest BCUT2D eigenvalue weighted by atomic mass is 16.5. The van der Waals surface area contributed by atoms with Crippen molar-refractivity contribution in [3.63, 3.8) is 0 Å². The van der Waals surface area contributed by atoms with Crippen molar-refractivity contribution in [1.29, 1.82) is 0 Å². The molecule has 35 heavy (non-hydrogen) atoms. The number of para-hydroxylation sites is 1. The van der Waals surface area contributed by atoms with Gasteiger partial charge in [0.15, 0.2) is 6.10 Å². The number of aryl methyl sites for hydroxylation is 1. The minimum absolute atomic E-state index is 0.0977. The third kappa shape index (κ3) is 8.58. The van der Waals surface area contributed by atoms with Gasteiger partial charge in [0.2, 0.25) is 0 Å². The minimum atomic E-state index is -0.964. The number of hydrogen-bond donors (Lipinski definition) is 2. The molecular formula is C28H38N2O5. The van der Waals surface area contributed by atoms with Gasteiger partial charge < -0.3 is 24.8 Å². The molecule has 1 aliphatic rings. The number of ether oxygens (including phenoxy) is 2. The first-order valence-electron chi connectivity index (χ1n) is 12.6. The van der Waals surface area contributed by atoms with Gasteiger partial charge in [0.05, 0.1) is 6.54 Å². The average molecular weight is 483 g/mol. The summed E-state index contributed by atoms with van der Waals surface area (Å²) in [5, 5.41) is 12.3. The van der Waals surface area contributed by atoms with Gasteiger partial charge in [-0.2, -0.15) is 0 Å². The van der Waals surface area contributed by atoms with Gasteiger partial charge in [0.1, 0.15) is 12.4 Å². The molecule has 7 heteroatoms. The molecule has 0 saturated heterocycles. The number of carboxylic acid groups (broad SMARTS) is 1. The Labute approximate surface area is 208 Å². The zero-order valence-electron chi connectivity index (χ0n) is 20.9. The topological polar surface area (TPSA) is 88.1 Å². The Morgan fingerprint density at radius 2 is 1.80 bits per heavy atom. The van der Waals surface area contributed by atoms with E-state index in [0.717, 1.165) is 36.2 Å². The van der Waals surface area contributed by atoms with E-state index in [0.29, 0.717) is 37.8 Å². The van der Waals surface area contributed by atoms with E-state index in [9.17, 15) is 14.7 Å². The zero-order valence-corrected chi connectivity index (χ0v) is 20.9. The predicted molar refractivity (Wildman–Crippen MR) is 137 cm³/mol. The molecule has 0 aliphatic heterocycles. The SMILES string of the molecule is CCOC(Cc1ccc(OCCN(CC2CCCCC2)C(=O)Nc2ccccc2C)cc1)C(=O)O. The molecule has 0 radical (unpaired) electrons. The number of amides is 2. The molecule has 190 valence electrons. The van der Waals surface area contributed by atoms with Gasteiger partial charge in [-0.1, -0.05) is 49.6 Å². The Bertz CT molecular complexity index is 941. The quantitative estimate of drug-likeness (QED) is 0.416. The summed E-state index contributed by atoms with van der Waals surface area (Å²) in [5.41, 5.74) is 2.73. The van der Waals surface area contributed by atoms with E-state index >= 15 is 0 Å². The Kier molecular flexibility index (Phi) is 10.4. The monoisotopic (exact) mass is 482 g/mol. The minimum Gasteiger partial charge on any atom is -0.492 e. The van der Waals surface area contributed by atoms with Crippen LogP contribution in [0.25, 0.3) is 0 Å². The molecule has 1 unspecified atom stereocenters. The number of hydrogen-bond acceptors (Lipinski definition) is 4. The molecule has 7 nitrogen and oxygen atoms in total. The lowest BCUT2D eigenvalue weighted by atomic mass is 9.89. The molecule has 2 aromatic carbocycles. The molecular weight excluding hydrogens is 444 g/mol. The number of anilines is 1. The van der Waals surface area contributed by atoms with Crippen LogP contribution < -0.4 is 10.1 Å². The number of carbonyl (C=O) groups excluding carboxylic acids is 1. The third-order valence-electron chi connectivity index (χ3n) is 6.49. The van der Waals surface area contributed by atoms with Gasteiger partial charge in [-0.3, -0.25) is 0 Å². The Hall–Kier alpha value is -3.06. The van der Waals surface area contributed by atoms with E-state index in [1.165, 1.54) is 19.3 Å². The number of carbonyl (C=O) groups is 2. The van der Waals surface area contributed by atoms with Gasteiger partial charge in [-0.05, 0) is 61.9 Å². The smallest absolute Gasteiger partial charge is 0.333 e. The summed E-state index contributed by atoms with van der Waals surface area (Å²) >= 11 is 0. The van der Waals surface area contributed by atoms with Crippen LogP contribution in [-0.4, -0.2) is 54.4 Å². The van der Waals surface area contributed by atoms with E-state index in [-0.39, 0.29) is 6.03 Å². The van der Waals surface area contributed by atoms with Gasteiger partial charge in [0, 0.05) is 25.3 Å². The van der Waals surface area contributed by atoms with Crippen molar-refractivity contribution in [2.45, 2.75) is 58.5 Å². The second-order valence-corrected chi connectivity index (χ2v) is 9.17. The summed E-state index contributed by atoms with van der Waals surface area (Å²) in [6.45, 7) is 5.72. The molecule has 1 atom stereocenters. The van der Waals surface area contributed by atoms with Crippen LogP contribution in [0, 0.1) is 12.8 Å². The number of rotatable bonds is 12. The van der Waals surface area contributed by atoms with Crippen LogP contribution in [0.4, 0.5) is 10.5 Å². The van der Waals surface area contributed by atoms with Crippen LogP contribution in [0.2, 0.25) is 0 Å². The van der Waals surface area contributed by atoms with Crippen LogP contribution in [-0.2, 0) is 16.0 Å². The van der Waals surface area contributed by atoms with Crippen molar-refractivity contribution in [2.24, 2.45) is 5.92 Å². The average Bonchev–Trinajstić information content (AvgIpc) is 2.86. The summed E-state index contributed by atoms with van der Waals surface area (Å²) in [7, 11) is 0. The maximum Gasteiger partial charge on any atom is 0.333 e. The van der Waals surface area contributed by atoms with Crippen molar-refractivity contribution in [3.05, 3.63) is 59.7 Å².